The average Bonchev–Trinajstić information content (AvgIpc) is 3.09. The van der Waals surface area contributed by atoms with Crippen molar-refractivity contribution >= 4 is 45.6 Å². The number of benzene rings is 3. The summed E-state index contributed by atoms with van der Waals surface area (Å²) in [6.45, 7) is 18.3. The number of hydrogen-bond acceptors (Lipinski definition) is 11. The van der Waals surface area contributed by atoms with Crippen LogP contribution in [-0.2, 0) is 14.3 Å². The number of rotatable bonds is 9. The number of carbonyl (C=O) groups excluding carboxylic acids is 4. The number of phenolic OH excluding ortho intramolecular Hbond substituents is 1. The molecule has 1 aliphatic rings. The van der Waals surface area contributed by atoms with Gasteiger partial charge in [-0.25, -0.2) is 19.2 Å². The van der Waals surface area contributed by atoms with E-state index in [-0.39, 0.29) is 66.8 Å². The Bertz CT molecular complexity index is 2180. The van der Waals surface area contributed by atoms with E-state index in [1.54, 1.807) is 41.5 Å². The van der Waals surface area contributed by atoms with Gasteiger partial charge in [0.25, 0.3) is 0 Å². The van der Waals surface area contributed by atoms with Gasteiger partial charge in [0, 0.05) is 6.08 Å². The lowest BCUT2D eigenvalue weighted by molar-refractivity contribution is -0.151. The second-order valence-electron chi connectivity index (χ2n) is 13.7. The van der Waals surface area contributed by atoms with Crippen LogP contribution in [-0.4, -0.2) is 57.7 Å². The second-order valence-corrected chi connectivity index (χ2v) is 14.5. The third-order valence-corrected chi connectivity index (χ3v) is 10.9. The highest BCUT2D eigenvalue weighted by molar-refractivity contribution is 9.10. The fraction of sp³-hybridized carbons (Fsp3) is 0.341. The van der Waals surface area contributed by atoms with Gasteiger partial charge in [0.05, 0.1) is 18.2 Å². The van der Waals surface area contributed by atoms with Crippen molar-refractivity contribution in [3.8, 4) is 23.0 Å². The molecule has 0 radical (unpaired) electrons. The quantitative estimate of drug-likeness (QED) is 0.143. The molecule has 0 spiro atoms. The molecule has 4 rings (SSSR count). The topological polar surface area (TPSA) is 183 Å². The van der Waals surface area contributed by atoms with Gasteiger partial charge >= 0.3 is 23.9 Å². The molecule has 1 aliphatic carbocycles. The van der Waals surface area contributed by atoms with Crippen LogP contribution in [0.3, 0.4) is 0 Å². The molecule has 13 heteroatoms. The Morgan fingerprint density at radius 3 is 1.76 bits per heavy atom. The number of methoxy groups -OCH3 is 1. The second kappa shape index (κ2) is 15.2. The maximum absolute atomic E-state index is 13.9. The van der Waals surface area contributed by atoms with Crippen LogP contribution in [0.15, 0.2) is 34.0 Å². The van der Waals surface area contributed by atoms with E-state index in [0.717, 1.165) is 12.2 Å². The molecule has 0 heterocycles. The van der Waals surface area contributed by atoms with Gasteiger partial charge in [-0.05, 0) is 152 Å². The summed E-state index contributed by atoms with van der Waals surface area (Å²) in [6, 6.07) is 1.52. The molecule has 54 heavy (non-hydrogen) atoms. The van der Waals surface area contributed by atoms with E-state index in [2.05, 4.69) is 15.9 Å². The number of carboxylic acid groups (broad SMARTS) is 1. The number of aromatic hydroxyl groups is 1. The number of carboxylic acids is 1. The molecule has 0 aliphatic heterocycles. The SMILES string of the molecule is COC1=CC(=O)C=C(C)[C@]1(O)C(=O)Oc1c(C)c(C)c(C(=O)Oc2cc(C)c(C(=O)Oc3c(C)c(C)c(C(=O)O)c(C)c3C)c(C(C)C)c2C)c(O)c1Br. The molecule has 0 amide bonds. The number of ether oxygens (including phenoxy) is 4. The fourth-order valence-corrected chi connectivity index (χ4v) is 7.34. The Labute approximate surface area is 321 Å². The largest absolute Gasteiger partial charge is 0.506 e. The van der Waals surface area contributed by atoms with Gasteiger partial charge in [0.15, 0.2) is 11.5 Å². The van der Waals surface area contributed by atoms with Crippen LogP contribution in [0.1, 0.15) is 108 Å². The summed E-state index contributed by atoms with van der Waals surface area (Å²) >= 11 is 3.22. The number of phenols is 1. The number of halogens is 1. The highest BCUT2D eigenvalue weighted by Crippen LogP contribution is 2.44. The lowest BCUT2D eigenvalue weighted by Crippen LogP contribution is -2.47. The summed E-state index contributed by atoms with van der Waals surface area (Å²) in [5, 5.41) is 32.3. The zero-order valence-corrected chi connectivity index (χ0v) is 33.8. The van der Waals surface area contributed by atoms with Crippen LogP contribution in [0.5, 0.6) is 23.0 Å². The molecule has 0 fully saturated rings. The van der Waals surface area contributed by atoms with Crippen molar-refractivity contribution in [2.75, 3.05) is 7.11 Å². The lowest BCUT2D eigenvalue weighted by atomic mass is 9.87. The molecule has 3 aromatic rings. The Balaban J connectivity index is 1.72. The lowest BCUT2D eigenvalue weighted by Gasteiger charge is -2.30. The molecular formula is C41H43BrO12. The number of allylic oxidation sites excluding steroid dienone is 2. The predicted octanol–water partition coefficient (Wildman–Crippen LogP) is 7.58. The number of ketones is 1. The minimum atomic E-state index is -2.43. The minimum Gasteiger partial charge on any atom is -0.506 e. The van der Waals surface area contributed by atoms with Gasteiger partial charge in [-0.1, -0.05) is 13.8 Å². The molecule has 0 bridgehead atoms. The molecule has 12 nitrogen and oxygen atoms in total. The van der Waals surface area contributed by atoms with Crippen LogP contribution in [0.25, 0.3) is 0 Å². The van der Waals surface area contributed by atoms with Gasteiger partial charge in [-0.15, -0.1) is 0 Å². The van der Waals surface area contributed by atoms with E-state index in [9.17, 15) is 39.3 Å². The van der Waals surface area contributed by atoms with Gasteiger partial charge in [0.2, 0.25) is 5.60 Å². The predicted molar refractivity (Wildman–Crippen MR) is 202 cm³/mol. The van der Waals surface area contributed by atoms with E-state index in [0.29, 0.717) is 38.9 Å². The molecule has 0 unspecified atom stereocenters. The van der Waals surface area contributed by atoms with Crippen LogP contribution in [0.2, 0.25) is 0 Å². The van der Waals surface area contributed by atoms with E-state index < -0.39 is 41.0 Å². The smallest absolute Gasteiger partial charge is 0.356 e. The standard InChI is InChI=1S/C41H43BrO12/c1-16(2)29-25(11)27(13-17(3)30(29)38(47)53-35-22(8)19(5)31(37(45)46)20(6)23(35)9)52-39(48)32-21(7)24(10)36(33(42)34(32)44)54-40(49)41(50)18(4)14-26(43)15-28(41)51-12/h13-16,44,50H,1-12H3,(H,45,46)/t41-/m1/s1. The van der Waals surface area contributed by atoms with Crippen molar-refractivity contribution in [1.82, 2.24) is 0 Å². The van der Waals surface area contributed by atoms with E-state index in [1.807, 2.05) is 13.8 Å². The number of aromatic carboxylic acids is 1. The van der Waals surface area contributed by atoms with Crippen molar-refractivity contribution in [3.05, 3.63) is 101 Å². The molecule has 3 N–H and O–H groups in total. The number of aryl methyl sites for hydroxylation is 1. The molecule has 1 atom stereocenters. The highest BCUT2D eigenvalue weighted by atomic mass is 79.9. The highest BCUT2D eigenvalue weighted by Gasteiger charge is 2.48. The van der Waals surface area contributed by atoms with Crippen molar-refractivity contribution in [1.29, 1.82) is 0 Å². The third kappa shape index (κ3) is 6.93. The molecule has 286 valence electrons. The van der Waals surface area contributed by atoms with Gasteiger partial charge in [-0.2, -0.15) is 0 Å². The number of hydrogen-bond donors (Lipinski definition) is 3. The molecular weight excluding hydrogens is 764 g/mol. The van der Waals surface area contributed by atoms with Crippen LogP contribution < -0.4 is 14.2 Å². The Kier molecular flexibility index (Phi) is 11.7. The maximum atomic E-state index is 13.9. The summed E-state index contributed by atoms with van der Waals surface area (Å²) in [7, 11) is 1.19. The minimum absolute atomic E-state index is 0.0395. The van der Waals surface area contributed by atoms with Crippen LogP contribution in [0, 0.1) is 55.4 Å². The monoisotopic (exact) mass is 806 g/mol. The zero-order valence-electron chi connectivity index (χ0n) is 32.2. The summed E-state index contributed by atoms with van der Waals surface area (Å²) in [5.41, 5.74) is 1.68. The summed E-state index contributed by atoms with van der Waals surface area (Å²) in [4.78, 5) is 65.1. The average molecular weight is 808 g/mol. The number of aliphatic hydroxyl groups is 1. The van der Waals surface area contributed by atoms with Gasteiger partial charge < -0.3 is 34.3 Å². The molecule has 3 aromatic carbocycles. The van der Waals surface area contributed by atoms with Crippen molar-refractivity contribution in [2.24, 2.45) is 0 Å². The third-order valence-electron chi connectivity index (χ3n) is 10.1. The number of carbonyl (C=O) groups is 5. The Morgan fingerprint density at radius 1 is 0.722 bits per heavy atom. The molecule has 0 aromatic heterocycles. The van der Waals surface area contributed by atoms with Crippen LogP contribution >= 0.6 is 15.9 Å². The Hall–Kier alpha value is -5.27. The fourth-order valence-electron chi connectivity index (χ4n) is 6.77. The zero-order chi connectivity index (χ0) is 40.9. The molecule has 0 saturated heterocycles. The van der Waals surface area contributed by atoms with Crippen molar-refractivity contribution in [2.45, 2.75) is 87.7 Å². The first kappa shape index (κ1) is 41.5. The van der Waals surface area contributed by atoms with Gasteiger partial charge in [-0.3, -0.25) is 4.79 Å². The first-order valence-electron chi connectivity index (χ1n) is 16.9. The summed E-state index contributed by atoms with van der Waals surface area (Å²) < 4.78 is 22.4. The van der Waals surface area contributed by atoms with E-state index in [4.69, 9.17) is 18.9 Å². The van der Waals surface area contributed by atoms with E-state index >= 15 is 0 Å². The summed E-state index contributed by atoms with van der Waals surface area (Å²) in [5.74, 6) is -5.36. The number of esters is 3. The molecule has 0 saturated carbocycles. The van der Waals surface area contributed by atoms with Crippen molar-refractivity contribution in [3.63, 3.8) is 0 Å². The van der Waals surface area contributed by atoms with Crippen molar-refractivity contribution < 1.29 is 58.2 Å². The van der Waals surface area contributed by atoms with Gasteiger partial charge in [0.1, 0.15) is 33.0 Å². The first-order valence-corrected chi connectivity index (χ1v) is 17.7. The van der Waals surface area contributed by atoms with E-state index in [1.165, 1.54) is 33.9 Å². The maximum Gasteiger partial charge on any atom is 0.356 e. The summed E-state index contributed by atoms with van der Waals surface area (Å²) in [6.07, 6.45) is 2.04. The Morgan fingerprint density at radius 2 is 1.24 bits per heavy atom. The van der Waals surface area contributed by atoms with Crippen LogP contribution in [0.4, 0.5) is 0 Å². The normalized spacial score (nSPS) is 15.4. The first-order chi connectivity index (χ1) is 25.0.